The Morgan fingerprint density at radius 1 is 0.946 bits per heavy atom. The summed E-state index contributed by atoms with van der Waals surface area (Å²) in [5.41, 5.74) is 10.2. The Bertz CT molecular complexity index is 2750. The van der Waals surface area contributed by atoms with Gasteiger partial charge >= 0.3 is 0 Å². The van der Waals surface area contributed by atoms with Crippen molar-refractivity contribution < 1.29 is 24.6 Å². The fourth-order valence-corrected chi connectivity index (χ4v) is 11.9. The van der Waals surface area contributed by atoms with Gasteiger partial charge < -0.3 is 40.9 Å². The third-order valence-electron chi connectivity index (χ3n) is 15.2. The molecular formula is C52H70ClN15O5S. The van der Waals surface area contributed by atoms with Crippen LogP contribution < -0.4 is 20.9 Å². The third kappa shape index (κ3) is 12.0. The van der Waals surface area contributed by atoms with E-state index in [0.29, 0.717) is 98.1 Å². The quantitative estimate of drug-likeness (QED) is 0.108. The fourth-order valence-electron chi connectivity index (χ4n) is 10.8. The van der Waals surface area contributed by atoms with E-state index in [2.05, 4.69) is 47.3 Å². The lowest BCUT2D eigenvalue weighted by Gasteiger charge is -2.39. The molecule has 0 bridgehead atoms. The highest BCUT2D eigenvalue weighted by Crippen LogP contribution is 2.39. The number of hydrogen-bond acceptors (Lipinski definition) is 16. The average Bonchev–Trinajstić information content (AvgIpc) is 4.15. The molecule has 0 spiro atoms. The van der Waals surface area contributed by atoms with Crippen molar-refractivity contribution >= 4 is 52.7 Å². The van der Waals surface area contributed by atoms with E-state index in [1.165, 1.54) is 16.7 Å². The van der Waals surface area contributed by atoms with Gasteiger partial charge in [0.05, 0.1) is 41.4 Å². The molecule has 0 radical (unpaired) electrons. The number of halogens is 1. The van der Waals surface area contributed by atoms with Crippen molar-refractivity contribution in [2.75, 3.05) is 75.2 Å². The third-order valence-corrected chi connectivity index (χ3v) is 16.6. The van der Waals surface area contributed by atoms with Gasteiger partial charge in [-0.2, -0.15) is 5.10 Å². The number of nitrogens with one attached hydrogen (secondary N) is 1. The number of amides is 3. The number of anilines is 2. The van der Waals surface area contributed by atoms with E-state index >= 15 is 0 Å². The number of aryl methyl sites for hydroxylation is 2. The molecule has 4 aliphatic rings. The lowest BCUT2D eigenvalue weighted by atomic mass is 9.91. The van der Waals surface area contributed by atoms with Crippen LogP contribution in [0.3, 0.4) is 0 Å². The first-order chi connectivity index (χ1) is 35.5. The molecule has 4 saturated heterocycles. The van der Waals surface area contributed by atoms with E-state index in [9.17, 15) is 24.6 Å². The van der Waals surface area contributed by atoms with Crippen molar-refractivity contribution in [3.05, 3.63) is 83.2 Å². The molecule has 8 heterocycles. The predicted molar refractivity (Wildman–Crippen MR) is 282 cm³/mol. The summed E-state index contributed by atoms with van der Waals surface area (Å²) in [7, 11) is 1.90. The highest BCUT2D eigenvalue weighted by atomic mass is 35.5. The van der Waals surface area contributed by atoms with Gasteiger partial charge in [-0.25, -0.2) is 19.6 Å². The number of aromatic nitrogens is 8. The molecule has 0 aliphatic carbocycles. The van der Waals surface area contributed by atoms with Crippen molar-refractivity contribution in [3.8, 4) is 11.3 Å². The lowest BCUT2D eigenvalue weighted by Crippen LogP contribution is -2.52. The predicted octanol–water partition coefficient (Wildman–Crippen LogP) is 4.25. The van der Waals surface area contributed by atoms with Gasteiger partial charge in [0.25, 0.3) is 0 Å². The summed E-state index contributed by atoms with van der Waals surface area (Å²) in [6.07, 6.45) is 9.86. The normalized spacial score (nSPS) is 20.6. The van der Waals surface area contributed by atoms with Crippen LogP contribution in [-0.2, 0) is 28.0 Å². The van der Waals surface area contributed by atoms with Gasteiger partial charge in [-0.3, -0.25) is 24.0 Å². The number of piperazine rings is 1. The first kappa shape index (κ1) is 53.1. The van der Waals surface area contributed by atoms with Gasteiger partial charge in [-0.15, -0.1) is 5.10 Å². The molecule has 20 nitrogen and oxygen atoms in total. The number of piperidine rings is 2. The number of hydrogen-bond donors (Lipinski definition) is 4. The van der Waals surface area contributed by atoms with E-state index in [1.807, 2.05) is 73.8 Å². The van der Waals surface area contributed by atoms with Crippen LogP contribution in [0.5, 0.6) is 0 Å². The largest absolute Gasteiger partial charge is 0.391 e. The minimum Gasteiger partial charge on any atom is -0.391 e. The van der Waals surface area contributed by atoms with Gasteiger partial charge in [0.2, 0.25) is 17.7 Å². The molecule has 4 aliphatic heterocycles. The van der Waals surface area contributed by atoms with E-state index in [-0.39, 0.29) is 54.7 Å². The van der Waals surface area contributed by atoms with Crippen LogP contribution in [0.1, 0.15) is 88.3 Å². The van der Waals surface area contributed by atoms with Gasteiger partial charge in [0, 0.05) is 114 Å². The number of nitrogens with zero attached hydrogens (tertiary/aromatic N) is 13. The highest BCUT2D eigenvalue weighted by Gasteiger charge is 2.43. The monoisotopic (exact) mass is 1050 g/mol. The molecular weight excluding hydrogens is 982 g/mol. The zero-order valence-electron chi connectivity index (χ0n) is 43.1. The molecule has 5 N–H and O–H groups in total. The molecule has 5 aromatic rings. The molecule has 9 rings (SSSR count). The standard InChI is InChI=1S/C52H70ClN15O5S/c1-33(2)46(68-30-34(3)60-61-68)51(73)67-31-38(70)28-42(67)49(71)59-39(35-6-8-36(9-7-35)41-10-18-57-62(41)5)14-19-63-24-26-66(27-25-63)50(72)37-12-20-64(21-13-37)48-45(53)43(11-17-55-48)74-44-29-56-47(40(32-69)58-44)65-22-15-52(4,54)16-23-65/h6-11,17-18,29-30,33,37-39,42,46,69-70H,12-16,19-28,31-32,54H2,1-5H3,(H,59,71)/t38-,39+,42+,46+/m1/s1. The maximum absolute atomic E-state index is 14.4. The zero-order valence-corrected chi connectivity index (χ0v) is 44.6. The van der Waals surface area contributed by atoms with Crippen molar-refractivity contribution in [2.45, 2.75) is 113 Å². The summed E-state index contributed by atoms with van der Waals surface area (Å²) in [4.78, 5) is 67.6. The Kier molecular flexibility index (Phi) is 16.5. The molecule has 0 unspecified atom stereocenters. The molecule has 1 aromatic carbocycles. The van der Waals surface area contributed by atoms with Crippen LogP contribution in [0.4, 0.5) is 11.6 Å². The summed E-state index contributed by atoms with van der Waals surface area (Å²) in [5.74, 6) is 0.684. The number of aliphatic hydroxyl groups excluding tert-OH is 2. The lowest BCUT2D eigenvalue weighted by molar-refractivity contribution is -0.142. The number of pyridine rings is 1. The van der Waals surface area contributed by atoms with E-state index < -0.39 is 24.2 Å². The Morgan fingerprint density at radius 2 is 1.66 bits per heavy atom. The summed E-state index contributed by atoms with van der Waals surface area (Å²) < 4.78 is 3.37. The molecule has 3 amide bonds. The Hall–Kier alpha value is -5.71. The minimum absolute atomic E-state index is 0.0504. The van der Waals surface area contributed by atoms with Crippen LogP contribution in [0, 0.1) is 18.8 Å². The smallest absolute Gasteiger partial charge is 0.248 e. The maximum Gasteiger partial charge on any atom is 0.248 e. The maximum atomic E-state index is 14.4. The number of β-amino-alcohol motifs (C(OH)–C–C–N with tert-alkyl or cyclic N) is 1. The highest BCUT2D eigenvalue weighted by molar-refractivity contribution is 7.99. The van der Waals surface area contributed by atoms with Crippen molar-refractivity contribution in [1.29, 1.82) is 0 Å². The second kappa shape index (κ2) is 23.0. The number of aliphatic hydroxyl groups is 2. The number of carbonyl (C=O) groups is 3. The minimum atomic E-state index is -0.862. The van der Waals surface area contributed by atoms with Crippen molar-refractivity contribution in [1.82, 2.24) is 59.7 Å². The molecule has 396 valence electrons. The summed E-state index contributed by atoms with van der Waals surface area (Å²) in [5, 5.41) is 38.2. The number of carbonyl (C=O) groups excluding carboxylic acids is 3. The van der Waals surface area contributed by atoms with Crippen molar-refractivity contribution in [3.63, 3.8) is 0 Å². The summed E-state index contributed by atoms with van der Waals surface area (Å²) in [6.45, 7) is 13.6. The van der Waals surface area contributed by atoms with Crippen LogP contribution >= 0.6 is 23.4 Å². The van der Waals surface area contributed by atoms with Gasteiger partial charge in [0.15, 0.2) is 5.82 Å². The van der Waals surface area contributed by atoms with Crippen LogP contribution in [0.15, 0.2) is 71.1 Å². The molecule has 22 heteroatoms. The van der Waals surface area contributed by atoms with Gasteiger partial charge in [-0.05, 0) is 75.1 Å². The van der Waals surface area contributed by atoms with Gasteiger partial charge in [0.1, 0.15) is 28.6 Å². The molecule has 0 saturated carbocycles. The topological polar surface area (TPSA) is 233 Å². The van der Waals surface area contributed by atoms with Crippen molar-refractivity contribution in [2.24, 2.45) is 24.6 Å². The number of nitrogens with two attached hydrogens (primary N) is 1. The van der Waals surface area contributed by atoms with Crippen LogP contribution in [0.2, 0.25) is 5.02 Å². The Morgan fingerprint density at radius 3 is 2.31 bits per heavy atom. The Labute approximate surface area is 442 Å². The fraction of sp³-hybridized carbons (Fsp3) is 0.558. The Balaban J connectivity index is 0.795. The second-order valence-corrected chi connectivity index (χ2v) is 22.4. The van der Waals surface area contributed by atoms with Crippen LogP contribution in [-0.4, -0.2) is 165 Å². The molecule has 4 fully saturated rings. The van der Waals surface area contributed by atoms with E-state index in [1.54, 1.807) is 29.5 Å². The van der Waals surface area contributed by atoms with E-state index in [0.717, 1.165) is 47.6 Å². The number of likely N-dealkylation sites (tertiary alicyclic amines) is 1. The SMILES string of the molecule is Cc1cn([C@H](C(=O)N2C[C@H](O)C[C@H]2C(=O)N[C@@H](CCN2CCN(C(=O)C3CCN(c4nccc(Sc5cnc(N6CCC(C)(N)CC6)c(CO)n5)c4Cl)CC3)CC2)c2ccc(-c3ccnn3C)cc2)C(C)C)nn1. The molecule has 4 aromatic heterocycles. The first-order valence-corrected chi connectivity index (χ1v) is 27.1. The van der Waals surface area contributed by atoms with Crippen LogP contribution in [0.25, 0.3) is 11.3 Å². The van der Waals surface area contributed by atoms with Gasteiger partial charge in [-0.1, -0.05) is 66.7 Å². The summed E-state index contributed by atoms with van der Waals surface area (Å²) >= 11 is 8.42. The first-order valence-electron chi connectivity index (χ1n) is 25.9. The summed E-state index contributed by atoms with van der Waals surface area (Å²) in [6, 6.07) is 9.99. The average molecular weight is 1050 g/mol. The molecule has 4 atom stereocenters. The van der Waals surface area contributed by atoms with E-state index in [4.69, 9.17) is 27.3 Å². The second-order valence-electron chi connectivity index (χ2n) is 21.0. The zero-order chi connectivity index (χ0) is 52.3. The number of rotatable bonds is 16. The molecule has 74 heavy (non-hydrogen) atoms. The number of benzene rings is 1.